The molecular formula is C38H54N6O3. The number of likely N-dealkylation sites (tertiary alicyclic amines) is 1. The minimum atomic E-state index is -0.667. The fraction of sp³-hybridized carbons (Fsp3) is 0.553. The van der Waals surface area contributed by atoms with E-state index < -0.39 is 18.1 Å². The number of β-amino-alcohol motifs (C(OH)–C–C–N with tert-alkyl or cyclic N) is 1. The zero-order valence-corrected chi connectivity index (χ0v) is 28.3. The monoisotopic (exact) mass is 642 g/mol. The lowest BCUT2D eigenvalue weighted by Gasteiger charge is -2.48. The quantitative estimate of drug-likeness (QED) is 0.179. The van der Waals surface area contributed by atoms with Crippen LogP contribution < -0.4 is 21.7 Å². The van der Waals surface area contributed by atoms with Crippen LogP contribution in [0.1, 0.15) is 75.3 Å². The van der Waals surface area contributed by atoms with Gasteiger partial charge in [0.05, 0.1) is 17.7 Å². The van der Waals surface area contributed by atoms with E-state index in [4.69, 9.17) is 5.73 Å². The van der Waals surface area contributed by atoms with Crippen molar-refractivity contribution in [2.45, 2.75) is 95.5 Å². The Hall–Kier alpha value is -3.37. The predicted octanol–water partition coefficient (Wildman–Crippen LogP) is 4.04. The van der Waals surface area contributed by atoms with Gasteiger partial charge >= 0.3 is 0 Å². The SMILES string of the molecule is CC(C)(C)NC[C@@H]1CC2CCCCC2CN1C[C@@H](O)[C@H](Cc1ccccc1)NC[C@H](CC(N)=O)NC(=O)c1ccc2ccccc2n1. The number of nitrogens with two attached hydrogens (primary N) is 1. The summed E-state index contributed by atoms with van der Waals surface area (Å²) in [6.45, 7) is 9.34. The van der Waals surface area contributed by atoms with Gasteiger partial charge in [0, 0.05) is 55.6 Å². The summed E-state index contributed by atoms with van der Waals surface area (Å²) in [5.41, 5.74) is 7.76. The Kier molecular flexibility index (Phi) is 12.0. The first kappa shape index (κ1) is 35.0. The largest absolute Gasteiger partial charge is 0.390 e. The highest BCUT2D eigenvalue weighted by Crippen LogP contribution is 2.38. The molecule has 2 amide bonds. The van der Waals surface area contributed by atoms with Gasteiger partial charge in [-0.3, -0.25) is 14.5 Å². The maximum Gasteiger partial charge on any atom is 0.270 e. The Morgan fingerprint density at radius 2 is 1.72 bits per heavy atom. The maximum atomic E-state index is 13.3. The van der Waals surface area contributed by atoms with Crippen LogP contribution in [0, 0.1) is 11.8 Å². The zero-order chi connectivity index (χ0) is 33.4. The van der Waals surface area contributed by atoms with Crippen molar-refractivity contribution in [3.05, 3.63) is 78.0 Å². The first-order chi connectivity index (χ1) is 22.5. The van der Waals surface area contributed by atoms with Gasteiger partial charge in [0.1, 0.15) is 5.69 Å². The lowest BCUT2D eigenvalue weighted by molar-refractivity contribution is -0.118. The summed E-state index contributed by atoms with van der Waals surface area (Å²) in [6.07, 6.45) is 6.27. The number of nitrogens with one attached hydrogen (secondary N) is 3. The van der Waals surface area contributed by atoms with Crippen LogP contribution in [0.4, 0.5) is 0 Å². The molecule has 6 N–H and O–H groups in total. The molecule has 1 aromatic heterocycles. The van der Waals surface area contributed by atoms with E-state index in [1.807, 2.05) is 48.5 Å². The van der Waals surface area contributed by atoms with Crippen LogP contribution in [0.25, 0.3) is 10.9 Å². The number of nitrogens with zero attached hydrogens (tertiary/aromatic N) is 2. The summed E-state index contributed by atoms with van der Waals surface area (Å²) < 4.78 is 0. The number of primary amides is 1. The Morgan fingerprint density at radius 1 is 1.00 bits per heavy atom. The molecule has 5 rings (SSSR count). The number of benzene rings is 2. The van der Waals surface area contributed by atoms with Gasteiger partial charge in [0.2, 0.25) is 5.91 Å². The van der Waals surface area contributed by atoms with Gasteiger partial charge in [-0.15, -0.1) is 0 Å². The van der Waals surface area contributed by atoms with Crippen molar-refractivity contribution in [2.24, 2.45) is 17.6 Å². The van der Waals surface area contributed by atoms with E-state index in [0.29, 0.717) is 24.9 Å². The normalized spacial score (nSPS) is 22.3. The molecule has 1 aliphatic heterocycles. The summed E-state index contributed by atoms with van der Waals surface area (Å²) in [6, 6.07) is 20.8. The summed E-state index contributed by atoms with van der Waals surface area (Å²) in [5, 5.41) is 23.1. The van der Waals surface area contributed by atoms with Crippen LogP contribution in [0.15, 0.2) is 66.7 Å². The number of fused-ring (bicyclic) bond motifs is 2. The number of pyridine rings is 1. The van der Waals surface area contributed by atoms with Crippen molar-refractivity contribution in [3.63, 3.8) is 0 Å². The highest BCUT2D eigenvalue weighted by Gasteiger charge is 2.38. The van der Waals surface area contributed by atoms with E-state index in [9.17, 15) is 14.7 Å². The standard InChI is InChI=1S/C38H54N6O3/c1-38(2,3)41-23-31-20-28-14-7-8-15-29(28)24-44(31)25-35(45)34(19-26-11-5-4-6-12-26)40-22-30(21-36(39)46)42-37(47)33-18-17-27-13-9-10-16-32(27)43-33/h4-6,9-13,16-18,28-31,34-35,40-41,45H,7-8,14-15,19-25H2,1-3H3,(H2,39,46)(H,42,47)/t28?,29?,30-,31-,34-,35+/m0/s1. The second-order valence-corrected chi connectivity index (χ2v) is 14.8. The first-order valence-electron chi connectivity index (χ1n) is 17.4. The van der Waals surface area contributed by atoms with Gasteiger partial charge in [-0.05, 0) is 69.6 Å². The van der Waals surface area contributed by atoms with Crippen molar-refractivity contribution in [1.82, 2.24) is 25.8 Å². The Balaban J connectivity index is 1.29. The van der Waals surface area contributed by atoms with Crippen LogP contribution >= 0.6 is 0 Å². The molecule has 0 spiro atoms. The van der Waals surface area contributed by atoms with Gasteiger partial charge in [-0.25, -0.2) is 4.98 Å². The Morgan fingerprint density at radius 3 is 2.47 bits per heavy atom. The maximum absolute atomic E-state index is 13.3. The molecule has 1 aliphatic carbocycles. The molecule has 2 fully saturated rings. The van der Waals surface area contributed by atoms with E-state index in [0.717, 1.165) is 41.9 Å². The smallest absolute Gasteiger partial charge is 0.270 e. The molecule has 2 unspecified atom stereocenters. The number of carbonyl (C=O) groups is 2. The highest BCUT2D eigenvalue weighted by atomic mass is 16.3. The van der Waals surface area contributed by atoms with Gasteiger partial charge in [0.25, 0.3) is 5.91 Å². The van der Waals surface area contributed by atoms with Crippen molar-refractivity contribution >= 4 is 22.7 Å². The Labute approximate surface area is 280 Å². The molecule has 0 radical (unpaired) electrons. The second kappa shape index (κ2) is 16.2. The van der Waals surface area contributed by atoms with Crippen LogP contribution in [0.3, 0.4) is 0 Å². The molecule has 254 valence electrons. The molecule has 2 aliphatic rings. The molecule has 2 heterocycles. The third kappa shape index (κ3) is 10.3. The van der Waals surface area contributed by atoms with Crippen LogP contribution in [0.5, 0.6) is 0 Å². The molecule has 47 heavy (non-hydrogen) atoms. The summed E-state index contributed by atoms with van der Waals surface area (Å²) >= 11 is 0. The second-order valence-electron chi connectivity index (χ2n) is 14.8. The summed E-state index contributed by atoms with van der Waals surface area (Å²) in [7, 11) is 0. The van der Waals surface area contributed by atoms with Gasteiger partial charge < -0.3 is 26.8 Å². The van der Waals surface area contributed by atoms with Gasteiger partial charge in [-0.1, -0.05) is 73.9 Å². The number of aliphatic hydroxyl groups is 1. The zero-order valence-electron chi connectivity index (χ0n) is 28.3. The number of amides is 2. The number of rotatable bonds is 14. The van der Waals surface area contributed by atoms with E-state index >= 15 is 0 Å². The first-order valence-corrected chi connectivity index (χ1v) is 17.4. The minimum Gasteiger partial charge on any atom is -0.390 e. The molecule has 3 aromatic rings. The molecule has 2 aromatic carbocycles. The van der Waals surface area contributed by atoms with E-state index in [-0.39, 0.29) is 36.1 Å². The minimum absolute atomic E-state index is 0.0212. The fourth-order valence-corrected chi connectivity index (χ4v) is 7.39. The third-order valence-corrected chi connectivity index (χ3v) is 9.92. The third-order valence-electron chi connectivity index (χ3n) is 9.92. The summed E-state index contributed by atoms with van der Waals surface area (Å²) in [5.74, 6) is 0.570. The van der Waals surface area contributed by atoms with Gasteiger partial charge in [0.15, 0.2) is 0 Å². The van der Waals surface area contributed by atoms with Crippen molar-refractivity contribution in [3.8, 4) is 0 Å². The number of hydrogen-bond acceptors (Lipinski definition) is 7. The molecule has 9 heteroatoms. The van der Waals surface area contributed by atoms with E-state index in [1.54, 1.807) is 6.07 Å². The molecule has 9 nitrogen and oxygen atoms in total. The molecule has 1 saturated carbocycles. The van der Waals surface area contributed by atoms with Crippen molar-refractivity contribution < 1.29 is 14.7 Å². The number of aliphatic hydroxyl groups excluding tert-OH is 1. The average molecular weight is 643 g/mol. The van der Waals surface area contributed by atoms with Crippen molar-refractivity contribution in [1.29, 1.82) is 0 Å². The molecule has 0 bridgehead atoms. The van der Waals surface area contributed by atoms with E-state index in [1.165, 1.54) is 25.7 Å². The predicted molar refractivity (Wildman–Crippen MR) is 188 cm³/mol. The average Bonchev–Trinajstić information content (AvgIpc) is 3.05. The van der Waals surface area contributed by atoms with E-state index in [2.05, 4.69) is 58.7 Å². The number of hydrogen-bond donors (Lipinski definition) is 5. The molecular weight excluding hydrogens is 588 g/mol. The van der Waals surface area contributed by atoms with Crippen LogP contribution in [-0.2, 0) is 11.2 Å². The molecule has 6 atom stereocenters. The van der Waals surface area contributed by atoms with Crippen LogP contribution in [0.2, 0.25) is 0 Å². The summed E-state index contributed by atoms with van der Waals surface area (Å²) in [4.78, 5) is 32.4. The number of para-hydroxylation sites is 1. The number of piperidine rings is 1. The Bertz CT molecular complexity index is 1460. The number of carbonyl (C=O) groups excluding carboxylic acids is 2. The van der Waals surface area contributed by atoms with Crippen molar-refractivity contribution in [2.75, 3.05) is 26.2 Å². The lowest BCUT2D eigenvalue weighted by atomic mass is 9.72. The highest BCUT2D eigenvalue weighted by molar-refractivity contribution is 5.95. The lowest BCUT2D eigenvalue weighted by Crippen LogP contribution is -2.58. The molecule has 1 saturated heterocycles. The fourth-order valence-electron chi connectivity index (χ4n) is 7.39. The van der Waals surface area contributed by atoms with Crippen LogP contribution in [-0.4, -0.2) is 82.8 Å². The topological polar surface area (TPSA) is 133 Å². The van der Waals surface area contributed by atoms with Gasteiger partial charge in [-0.2, -0.15) is 0 Å². The number of aromatic nitrogens is 1.